The Hall–Kier alpha value is -1.24. The largest absolute Gasteiger partial charge is 0.200 e. The molecule has 0 aliphatic carbocycles. The van der Waals surface area contributed by atoms with Gasteiger partial charge >= 0.3 is 0 Å². The van der Waals surface area contributed by atoms with E-state index >= 15 is 0 Å². The molecule has 0 saturated carbocycles. The molecule has 0 saturated heterocycles. The average Bonchev–Trinajstić information content (AvgIpc) is 2.29. The number of allylic oxidation sites excluding steroid dienone is 4. The minimum Gasteiger partial charge on any atom is -0.0988 e. The lowest BCUT2D eigenvalue weighted by Crippen LogP contribution is -2.27. The topological polar surface area (TPSA) is 0 Å². The molecular formula is C14H19B. The fourth-order valence-corrected chi connectivity index (χ4v) is 1.50. The number of hydrogen-bond acceptors (Lipinski definition) is 0. The minimum atomic E-state index is 0.507. The first kappa shape index (κ1) is 11.8. The quantitative estimate of drug-likeness (QED) is 0.513. The van der Waals surface area contributed by atoms with Crippen molar-refractivity contribution in [3.63, 3.8) is 0 Å². The summed E-state index contributed by atoms with van der Waals surface area (Å²) in [5, 5.41) is 0. The van der Waals surface area contributed by atoms with Crippen LogP contribution in [0.25, 0.3) is 0 Å². The van der Waals surface area contributed by atoms with Crippen LogP contribution >= 0.6 is 0 Å². The summed E-state index contributed by atoms with van der Waals surface area (Å²) < 4.78 is 0. The Bertz CT molecular complexity index is 336. The van der Waals surface area contributed by atoms with Crippen LogP contribution < -0.4 is 5.46 Å². The Morgan fingerprint density at radius 3 is 2.53 bits per heavy atom. The predicted molar refractivity (Wildman–Crippen MR) is 70.9 cm³/mol. The van der Waals surface area contributed by atoms with Crippen molar-refractivity contribution < 1.29 is 0 Å². The second-order valence-electron chi connectivity index (χ2n) is 3.88. The van der Waals surface area contributed by atoms with Gasteiger partial charge in [-0.05, 0) is 6.42 Å². The molecule has 1 rings (SSSR count). The zero-order valence-electron chi connectivity index (χ0n) is 9.90. The van der Waals surface area contributed by atoms with Crippen molar-refractivity contribution in [1.29, 1.82) is 0 Å². The third kappa shape index (κ3) is 3.79. The van der Waals surface area contributed by atoms with Crippen molar-refractivity contribution >= 4 is 12.2 Å². The van der Waals surface area contributed by atoms with E-state index in [9.17, 15) is 0 Å². The van der Waals surface area contributed by atoms with Gasteiger partial charge in [-0.15, -0.1) is 0 Å². The van der Waals surface area contributed by atoms with Crippen LogP contribution in [0.1, 0.15) is 20.3 Å². The van der Waals surface area contributed by atoms with E-state index in [1.165, 1.54) is 10.9 Å². The van der Waals surface area contributed by atoms with E-state index in [0.717, 1.165) is 6.42 Å². The van der Waals surface area contributed by atoms with E-state index in [1.54, 1.807) is 0 Å². The van der Waals surface area contributed by atoms with E-state index < -0.39 is 0 Å². The first-order chi connectivity index (χ1) is 7.25. The van der Waals surface area contributed by atoms with Crippen LogP contribution in [0.2, 0.25) is 6.82 Å². The van der Waals surface area contributed by atoms with E-state index in [0.29, 0.717) is 6.71 Å². The van der Waals surface area contributed by atoms with Crippen LogP contribution in [0.4, 0.5) is 0 Å². The Balaban J connectivity index is 2.72. The van der Waals surface area contributed by atoms with Crippen molar-refractivity contribution in [3.8, 4) is 0 Å². The third-order valence-electron chi connectivity index (χ3n) is 2.71. The van der Waals surface area contributed by atoms with Crippen LogP contribution in [0.5, 0.6) is 0 Å². The molecule has 0 amide bonds. The summed E-state index contributed by atoms with van der Waals surface area (Å²) in [6.45, 7) is 7.10. The minimum absolute atomic E-state index is 0.507. The molecule has 1 aromatic carbocycles. The highest BCUT2D eigenvalue weighted by Crippen LogP contribution is 2.01. The number of benzene rings is 1. The zero-order chi connectivity index (χ0) is 11.1. The molecule has 0 fully saturated rings. The summed E-state index contributed by atoms with van der Waals surface area (Å²) in [6, 6.07) is 10.6. The normalized spacial score (nSPS) is 12.1. The van der Waals surface area contributed by atoms with Crippen molar-refractivity contribution in [2.24, 2.45) is 0 Å². The molecule has 0 spiro atoms. The predicted octanol–water partition coefficient (Wildman–Crippen LogP) is 3.47. The molecular weight excluding hydrogens is 179 g/mol. The van der Waals surface area contributed by atoms with Crippen LogP contribution in [-0.4, -0.2) is 6.71 Å². The highest BCUT2D eigenvalue weighted by atomic mass is 13.9. The van der Waals surface area contributed by atoms with Crippen LogP contribution in [-0.2, 0) is 0 Å². The van der Waals surface area contributed by atoms with Gasteiger partial charge in [0.25, 0.3) is 0 Å². The van der Waals surface area contributed by atoms with Gasteiger partial charge in [-0.3, -0.25) is 0 Å². The van der Waals surface area contributed by atoms with Gasteiger partial charge in [-0.1, -0.05) is 80.2 Å². The summed E-state index contributed by atoms with van der Waals surface area (Å²) in [4.78, 5) is 0. The lowest BCUT2D eigenvalue weighted by Gasteiger charge is -2.08. The standard InChI is InChI=1S/C14H19B/c1-4-5-7-10-13(2)15(3)14-11-8-6-9-12-14/h5-12H,4H2,1-3H3/b7-5-,13-10+. The summed E-state index contributed by atoms with van der Waals surface area (Å²) >= 11 is 0. The molecule has 0 N–H and O–H groups in total. The van der Waals surface area contributed by atoms with Gasteiger partial charge in [0.1, 0.15) is 0 Å². The lowest BCUT2D eigenvalue weighted by atomic mass is 9.42. The summed E-state index contributed by atoms with van der Waals surface area (Å²) in [7, 11) is 0. The smallest absolute Gasteiger partial charge is 0.0988 e. The monoisotopic (exact) mass is 198 g/mol. The fourth-order valence-electron chi connectivity index (χ4n) is 1.50. The molecule has 0 aliphatic heterocycles. The van der Waals surface area contributed by atoms with E-state index in [1.807, 2.05) is 0 Å². The molecule has 0 bridgehead atoms. The highest BCUT2D eigenvalue weighted by molar-refractivity contribution is 6.78. The zero-order valence-corrected chi connectivity index (χ0v) is 9.90. The lowest BCUT2D eigenvalue weighted by molar-refractivity contribution is 1.22. The summed E-state index contributed by atoms with van der Waals surface area (Å²) in [5.41, 5.74) is 2.79. The molecule has 0 atom stereocenters. The van der Waals surface area contributed by atoms with Crippen molar-refractivity contribution in [1.82, 2.24) is 0 Å². The van der Waals surface area contributed by atoms with Crippen molar-refractivity contribution in [3.05, 3.63) is 54.0 Å². The van der Waals surface area contributed by atoms with E-state index in [-0.39, 0.29) is 0 Å². The van der Waals surface area contributed by atoms with Crippen molar-refractivity contribution in [2.45, 2.75) is 27.1 Å². The second-order valence-corrected chi connectivity index (χ2v) is 3.88. The van der Waals surface area contributed by atoms with Gasteiger partial charge < -0.3 is 0 Å². The molecule has 15 heavy (non-hydrogen) atoms. The van der Waals surface area contributed by atoms with Gasteiger partial charge in [0.05, 0.1) is 0 Å². The molecule has 0 heterocycles. The van der Waals surface area contributed by atoms with Crippen LogP contribution in [0, 0.1) is 0 Å². The Morgan fingerprint density at radius 1 is 1.27 bits per heavy atom. The van der Waals surface area contributed by atoms with Gasteiger partial charge in [0.15, 0.2) is 0 Å². The van der Waals surface area contributed by atoms with Gasteiger partial charge in [-0.2, -0.15) is 0 Å². The Labute approximate surface area is 93.8 Å². The van der Waals surface area contributed by atoms with Gasteiger partial charge in [-0.25, -0.2) is 0 Å². The molecule has 0 aliphatic rings. The SMILES string of the molecule is CC/C=C\C=C(/C)B(C)c1ccccc1. The molecule has 1 aromatic rings. The van der Waals surface area contributed by atoms with Crippen molar-refractivity contribution in [2.75, 3.05) is 0 Å². The number of hydrogen-bond donors (Lipinski definition) is 0. The molecule has 1 heteroatoms. The summed E-state index contributed by atoms with van der Waals surface area (Å²) in [6.07, 6.45) is 7.64. The maximum Gasteiger partial charge on any atom is 0.200 e. The average molecular weight is 198 g/mol. The molecule has 0 aromatic heterocycles. The first-order valence-corrected chi connectivity index (χ1v) is 5.64. The molecule has 78 valence electrons. The molecule has 0 radical (unpaired) electrons. The Kier molecular flexibility index (Phi) is 4.96. The fraction of sp³-hybridized carbons (Fsp3) is 0.286. The van der Waals surface area contributed by atoms with Crippen LogP contribution in [0.15, 0.2) is 54.0 Å². The first-order valence-electron chi connectivity index (χ1n) is 5.64. The highest BCUT2D eigenvalue weighted by Gasteiger charge is 2.10. The molecule has 0 nitrogen and oxygen atoms in total. The molecule has 0 unspecified atom stereocenters. The van der Waals surface area contributed by atoms with E-state index in [4.69, 9.17) is 0 Å². The maximum absolute atomic E-state index is 2.25. The Morgan fingerprint density at radius 2 is 1.93 bits per heavy atom. The second kappa shape index (κ2) is 6.29. The van der Waals surface area contributed by atoms with Gasteiger partial charge in [0.2, 0.25) is 6.71 Å². The van der Waals surface area contributed by atoms with Gasteiger partial charge in [0, 0.05) is 0 Å². The van der Waals surface area contributed by atoms with E-state index in [2.05, 4.69) is 69.2 Å². The third-order valence-corrected chi connectivity index (χ3v) is 2.71. The number of rotatable bonds is 4. The summed E-state index contributed by atoms with van der Waals surface area (Å²) in [5.74, 6) is 0. The maximum atomic E-state index is 2.25. The van der Waals surface area contributed by atoms with Crippen LogP contribution in [0.3, 0.4) is 0 Å².